The van der Waals surface area contributed by atoms with Gasteiger partial charge in [-0.05, 0) is 122 Å². The Labute approximate surface area is 517 Å². The van der Waals surface area contributed by atoms with Crippen molar-refractivity contribution >= 4 is 64.9 Å². The first-order valence-electron chi connectivity index (χ1n) is 31.0. The number of amides is 10. The maximum atomic E-state index is 14.6. The molecule has 10 amide bonds. The summed E-state index contributed by atoms with van der Waals surface area (Å²) >= 11 is 0. The molecule has 1 aliphatic heterocycles. The Morgan fingerprint density at radius 2 is 1.16 bits per heavy atom. The van der Waals surface area contributed by atoms with Crippen LogP contribution >= 0.6 is 0 Å². The third-order valence-corrected chi connectivity index (χ3v) is 15.1. The van der Waals surface area contributed by atoms with Crippen LogP contribution in [0.5, 0.6) is 0 Å². The first kappa shape index (κ1) is 79.0. The summed E-state index contributed by atoms with van der Waals surface area (Å²) in [5, 5.41) is 58.4. The zero-order valence-electron chi connectivity index (χ0n) is 55.9. The summed E-state index contributed by atoms with van der Waals surface area (Å²) in [7, 11) is 2.91. The molecule has 0 aromatic heterocycles. The largest absolute Gasteiger partial charge is 0.633 e. The Morgan fingerprint density at radius 1 is 0.644 bits per heavy atom. The van der Waals surface area contributed by atoms with E-state index in [1.807, 2.05) is 34.6 Å². The molecule has 0 aliphatic carbocycles. The minimum atomic E-state index is -1.83. The van der Waals surface area contributed by atoms with Crippen LogP contribution in [-0.4, -0.2) is 183 Å². The first-order valence-corrected chi connectivity index (χ1v) is 31.0. The van der Waals surface area contributed by atoms with Crippen LogP contribution in [-0.2, 0) is 52.7 Å². The SMILES string of the molecule is CCC(=O)CC(O)C[C@@H](C)C[C@H](NC(=O)[C@@H]1C[C@H](C)CN1C(=O)/C=C/[C@@H](C)CC)C(=O)N[C@H](C(=O)NC(C)(C)C(=O)N[C@@H](CC(C)C)C(=O)N[C@@H](CC(C)C)C(=O)NC(C)(C)C(=O)NC(C)(C)C(=O)NCCC(=O)N[C@@H](C)C[N+](C)(C)[O-])[C@H](O)C(C)C. The van der Waals surface area contributed by atoms with Crippen LogP contribution in [0.15, 0.2) is 12.2 Å². The van der Waals surface area contributed by atoms with Gasteiger partial charge in [-0.1, -0.05) is 88.7 Å². The number of nitrogens with zero attached hydrogens (tertiary/aromatic N) is 2. The standard InChI is InChI=1S/C62H111N11O14/c1-21-38(9)23-24-49(77)72-33-40(11)31-47(72)55(82)66-46(30-39(10)29-43(75)32-42(74)22-2)53(80)68-50(51(78)37(7)8)56(83)70-61(15,16)58(85)67-44(27-35(3)4)52(79)65-45(28-36(5)6)54(81)69-62(17,18)59(86)71-60(13,14)57(84)63-26-25-48(76)64-41(12)34-73(19,20)87/h23-24,35-41,43-47,50-51,75,78H,21-22,25-34H2,1-20H3,(H,63,84)(H,64,76)(H,65,79)(H,66,82)(H,67,85)(H,68,80)(H,69,81)(H,70,83)(H,71,86)/b24-23+/t38-,39+,40-,41-,43?,44-,45-,46-,47-,50-,51+/m0/s1. The molecule has 0 saturated carbocycles. The Bertz CT molecular complexity index is 2390. The molecule has 1 saturated heterocycles. The quantitative estimate of drug-likeness (QED) is 0.0242. The molecule has 0 bridgehead atoms. The molecule has 0 radical (unpaired) electrons. The van der Waals surface area contributed by atoms with Gasteiger partial charge < -0.3 is 72.8 Å². The van der Waals surface area contributed by atoms with Crippen LogP contribution in [0.25, 0.3) is 0 Å². The second kappa shape index (κ2) is 35.2. The van der Waals surface area contributed by atoms with Crippen molar-refractivity contribution in [2.75, 3.05) is 33.7 Å². The van der Waals surface area contributed by atoms with Gasteiger partial charge in [-0.25, -0.2) is 0 Å². The van der Waals surface area contributed by atoms with Crippen LogP contribution in [0, 0.1) is 40.7 Å². The van der Waals surface area contributed by atoms with E-state index in [2.05, 4.69) is 47.9 Å². The Hall–Kier alpha value is -6.05. The zero-order valence-corrected chi connectivity index (χ0v) is 55.9. The van der Waals surface area contributed by atoms with E-state index in [-0.39, 0.29) is 99.3 Å². The molecule has 1 unspecified atom stereocenters. The summed E-state index contributed by atoms with van der Waals surface area (Å²) in [6, 6.07) is -6.96. The minimum Gasteiger partial charge on any atom is -0.633 e. The number of ketones is 1. The highest BCUT2D eigenvalue weighted by atomic mass is 16.5. The van der Waals surface area contributed by atoms with E-state index in [9.17, 15) is 68.2 Å². The van der Waals surface area contributed by atoms with Gasteiger partial charge in [0.05, 0.1) is 38.9 Å². The third kappa shape index (κ3) is 28.3. The number of quaternary nitrogens is 1. The number of hydrogen-bond acceptors (Lipinski definition) is 14. The normalized spacial score (nSPS) is 18.1. The van der Waals surface area contributed by atoms with Gasteiger partial charge in [-0.3, -0.25) is 52.7 Å². The average molecular weight is 1230 g/mol. The molecule has 87 heavy (non-hydrogen) atoms. The maximum Gasteiger partial charge on any atom is 0.246 e. The monoisotopic (exact) mass is 1230 g/mol. The van der Waals surface area contributed by atoms with E-state index in [4.69, 9.17) is 0 Å². The third-order valence-electron chi connectivity index (χ3n) is 15.1. The number of nitrogens with one attached hydrogen (secondary N) is 9. The molecule has 0 spiro atoms. The molecule has 1 aliphatic rings. The highest BCUT2D eigenvalue weighted by Gasteiger charge is 2.43. The van der Waals surface area contributed by atoms with E-state index in [1.54, 1.807) is 54.5 Å². The van der Waals surface area contributed by atoms with Crippen molar-refractivity contribution in [3.63, 3.8) is 0 Å². The number of aliphatic hydroxyl groups is 2. The number of rotatable bonds is 37. The average Bonchev–Trinajstić information content (AvgIpc) is 3.06. The lowest BCUT2D eigenvalue weighted by atomic mass is 9.92. The van der Waals surface area contributed by atoms with Crippen LogP contribution < -0.4 is 47.9 Å². The number of allylic oxidation sites excluding steroid dienone is 1. The fourth-order valence-corrected chi connectivity index (χ4v) is 9.88. The summed E-state index contributed by atoms with van der Waals surface area (Å²) in [5.74, 6) is -8.57. The highest BCUT2D eigenvalue weighted by Crippen LogP contribution is 2.25. The molecular formula is C62H111N11O14. The van der Waals surface area contributed by atoms with Gasteiger partial charge in [-0.2, -0.15) is 0 Å². The molecule has 1 rings (SSSR count). The highest BCUT2D eigenvalue weighted by molar-refractivity contribution is 6.00. The molecule has 498 valence electrons. The number of Topliss-reactive ketones (excluding diaryl/α,β-unsaturated/α-hetero) is 1. The van der Waals surface area contributed by atoms with Crippen molar-refractivity contribution in [2.24, 2.45) is 35.5 Å². The summed E-state index contributed by atoms with van der Waals surface area (Å²) in [4.78, 5) is 152. The molecule has 25 nitrogen and oxygen atoms in total. The lowest BCUT2D eigenvalue weighted by Gasteiger charge is -2.36. The van der Waals surface area contributed by atoms with Crippen LogP contribution in [0.3, 0.4) is 0 Å². The fraction of sp³-hybridized carbons (Fsp3) is 0.790. The number of hydrogen-bond donors (Lipinski definition) is 11. The number of hydroxylamine groups is 3. The number of carbonyl (C=O) groups excluding carboxylic acids is 11. The topological polar surface area (TPSA) is 363 Å². The van der Waals surface area contributed by atoms with Gasteiger partial charge in [0.25, 0.3) is 0 Å². The fourth-order valence-electron chi connectivity index (χ4n) is 9.88. The van der Waals surface area contributed by atoms with E-state index in [1.165, 1.54) is 66.6 Å². The van der Waals surface area contributed by atoms with E-state index in [0.717, 1.165) is 6.42 Å². The number of aliphatic hydroxyl groups excluding tert-OH is 2. The first-order chi connectivity index (χ1) is 39.9. The van der Waals surface area contributed by atoms with E-state index in [0.29, 0.717) is 13.0 Å². The Morgan fingerprint density at radius 3 is 1.69 bits per heavy atom. The van der Waals surface area contributed by atoms with Crippen molar-refractivity contribution in [3.8, 4) is 0 Å². The van der Waals surface area contributed by atoms with Crippen molar-refractivity contribution in [2.45, 2.75) is 247 Å². The van der Waals surface area contributed by atoms with E-state index < -0.39 is 129 Å². The summed E-state index contributed by atoms with van der Waals surface area (Å²) < 4.78 is -0.598. The van der Waals surface area contributed by atoms with Gasteiger partial charge >= 0.3 is 0 Å². The number of likely N-dealkylation sites (N-methyl/N-ethyl adjacent to an activating group) is 1. The second-order valence-electron chi connectivity index (χ2n) is 27.6. The van der Waals surface area contributed by atoms with Gasteiger partial charge in [0.15, 0.2) is 0 Å². The van der Waals surface area contributed by atoms with Crippen molar-refractivity contribution in [1.82, 2.24) is 52.8 Å². The minimum absolute atomic E-state index is 0.0535. The van der Waals surface area contributed by atoms with Crippen LogP contribution in [0.2, 0.25) is 0 Å². The van der Waals surface area contributed by atoms with Crippen molar-refractivity contribution in [3.05, 3.63) is 17.4 Å². The van der Waals surface area contributed by atoms with Crippen molar-refractivity contribution < 1.29 is 67.6 Å². The molecule has 25 heteroatoms. The molecule has 1 heterocycles. The lowest BCUT2D eigenvalue weighted by molar-refractivity contribution is -0.840. The summed E-state index contributed by atoms with van der Waals surface area (Å²) in [6.45, 7) is 30.2. The van der Waals surface area contributed by atoms with Gasteiger partial charge in [0, 0.05) is 32.4 Å². The Balaban J connectivity index is 3.43. The van der Waals surface area contributed by atoms with Gasteiger partial charge in [-0.15, -0.1) is 0 Å². The molecular weight excluding hydrogens is 1120 g/mol. The van der Waals surface area contributed by atoms with E-state index >= 15 is 0 Å². The molecule has 11 atom stereocenters. The molecule has 0 aromatic carbocycles. The molecule has 0 aromatic rings. The predicted octanol–water partition coefficient (Wildman–Crippen LogP) is 2.29. The van der Waals surface area contributed by atoms with Crippen molar-refractivity contribution in [1.29, 1.82) is 0 Å². The smallest absolute Gasteiger partial charge is 0.246 e. The van der Waals surface area contributed by atoms with Crippen LogP contribution in [0.4, 0.5) is 0 Å². The summed E-state index contributed by atoms with van der Waals surface area (Å²) in [5.41, 5.74) is -5.00. The predicted molar refractivity (Wildman–Crippen MR) is 332 cm³/mol. The number of likely N-dealkylation sites (tertiary alicyclic amines) is 1. The molecule has 1 fully saturated rings. The maximum absolute atomic E-state index is 14.6. The zero-order chi connectivity index (χ0) is 67.3. The second-order valence-corrected chi connectivity index (χ2v) is 27.6. The summed E-state index contributed by atoms with van der Waals surface area (Å²) in [6.07, 6.45) is 1.90. The van der Waals surface area contributed by atoms with Gasteiger partial charge in [0.2, 0.25) is 59.1 Å². The number of carbonyl (C=O) groups is 11. The lowest BCUT2D eigenvalue weighted by Crippen LogP contribution is -2.66. The molecule has 11 N–H and O–H groups in total. The van der Waals surface area contributed by atoms with Gasteiger partial charge in [0.1, 0.15) is 52.6 Å². The van der Waals surface area contributed by atoms with Crippen LogP contribution in [0.1, 0.15) is 182 Å². The Kier molecular flexibility index (Phi) is 32.0.